The smallest absolute Gasteiger partial charge is 0.243 e. The summed E-state index contributed by atoms with van der Waals surface area (Å²) in [6.45, 7) is 3.47. The largest absolute Gasteiger partial charge is 0.361 e. The Kier molecular flexibility index (Phi) is 10.1. The molecule has 0 amide bonds. The summed E-state index contributed by atoms with van der Waals surface area (Å²) in [6.07, 6.45) is 8.62. The molecule has 0 fully saturated rings. The topological polar surface area (TPSA) is 134 Å². The molecule has 0 radical (unpaired) electrons. The summed E-state index contributed by atoms with van der Waals surface area (Å²) in [5.74, 6) is 0. The summed E-state index contributed by atoms with van der Waals surface area (Å²) in [7, 11) is 0. The minimum atomic E-state index is -0.413. The molecular formula is C31H28Cl3N5O3. The fourth-order valence-corrected chi connectivity index (χ4v) is 4.91. The number of nitrogens with two attached hydrogens (primary N) is 1. The van der Waals surface area contributed by atoms with Gasteiger partial charge in [-0.15, -0.1) is 0 Å². The van der Waals surface area contributed by atoms with Crippen LogP contribution in [0.25, 0.3) is 38.8 Å². The Morgan fingerprint density at radius 1 is 0.833 bits per heavy atom. The number of allylic oxidation sites excluding steroid dienone is 1. The van der Waals surface area contributed by atoms with Gasteiger partial charge in [-0.2, -0.15) is 0 Å². The number of rotatable bonds is 5. The molecule has 0 saturated heterocycles. The second kappa shape index (κ2) is 13.7. The van der Waals surface area contributed by atoms with Crippen molar-refractivity contribution in [3.63, 3.8) is 0 Å². The summed E-state index contributed by atoms with van der Waals surface area (Å²) < 4.78 is 0. The van der Waals surface area contributed by atoms with Crippen molar-refractivity contribution < 1.29 is 9.72 Å². The molecule has 5 N–H and O–H groups in total. The third kappa shape index (κ3) is 7.60. The Hall–Kier alpha value is -4.08. The number of nitro groups is 1. The number of halogens is 3. The Morgan fingerprint density at radius 2 is 1.29 bits per heavy atom. The predicted molar refractivity (Wildman–Crippen MR) is 173 cm³/mol. The highest BCUT2D eigenvalue weighted by atomic mass is 35.5. The fourth-order valence-electron chi connectivity index (χ4n) is 4.39. The molecule has 3 heterocycles. The van der Waals surface area contributed by atoms with Gasteiger partial charge in [0.25, 0.3) is 0 Å². The molecule has 6 aromatic rings. The van der Waals surface area contributed by atoms with Crippen LogP contribution < -0.4 is 5.73 Å². The summed E-state index contributed by atoms with van der Waals surface area (Å²) in [4.78, 5) is 29.9. The van der Waals surface area contributed by atoms with Crippen LogP contribution in [0, 0.1) is 10.1 Å². The number of hydrogen-bond acceptors (Lipinski definition) is 4. The van der Waals surface area contributed by atoms with Crippen molar-refractivity contribution in [2.24, 2.45) is 5.73 Å². The van der Waals surface area contributed by atoms with E-state index in [2.05, 4.69) is 15.0 Å². The number of H-pyrrole nitrogens is 3. The number of aldehydes is 1. The molecule has 0 aliphatic carbocycles. The number of fused-ring (bicyclic) bond motifs is 3. The van der Waals surface area contributed by atoms with Crippen molar-refractivity contribution in [2.75, 3.05) is 0 Å². The van der Waals surface area contributed by atoms with Crippen molar-refractivity contribution in [3.05, 3.63) is 121 Å². The highest BCUT2D eigenvalue weighted by molar-refractivity contribution is 6.32. The number of nitrogens with zero attached hydrogens (tertiary/aromatic N) is 1. The molecule has 0 aliphatic heterocycles. The first-order valence-corrected chi connectivity index (χ1v) is 14.0. The molecule has 6 rings (SSSR count). The van der Waals surface area contributed by atoms with Gasteiger partial charge in [0.15, 0.2) is 6.29 Å². The second-order valence-corrected chi connectivity index (χ2v) is 11.0. The van der Waals surface area contributed by atoms with Crippen LogP contribution in [0.5, 0.6) is 0 Å². The van der Waals surface area contributed by atoms with Crippen molar-refractivity contribution in [2.45, 2.75) is 26.3 Å². The van der Waals surface area contributed by atoms with E-state index in [9.17, 15) is 14.9 Å². The number of hydrogen-bond donors (Lipinski definition) is 4. The van der Waals surface area contributed by atoms with Crippen LogP contribution >= 0.6 is 34.8 Å². The molecule has 0 bridgehead atoms. The van der Waals surface area contributed by atoms with Crippen molar-refractivity contribution in [1.29, 1.82) is 0 Å². The predicted octanol–water partition coefficient (Wildman–Crippen LogP) is 8.80. The van der Waals surface area contributed by atoms with Gasteiger partial charge >= 0.3 is 0 Å². The quantitative estimate of drug-likeness (QED) is 0.0866. The molecule has 3 aromatic heterocycles. The zero-order valence-corrected chi connectivity index (χ0v) is 25.0. The van der Waals surface area contributed by atoms with Gasteiger partial charge in [-0.25, -0.2) is 0 Å². The highest BCUT2D eigenvalue weighted by Gasteiger charge is 2.08. The monoisotopic (exact) mass is 623 g/mol. The minimum Gasteiger partial charge on any atom is -0.361 e. The average molecular weight is 625 g/mol. The summed E-state index contributed by atoms with van der Waals surface area (Å²) in [5, 5.41) is 15.5. The van der Waals surface area contributed by atoms with E-state index in [0.29, 0.717) is 15.6 Å². The third-order valence-corrected chi connectivity index (χ3v) is 7.11. The lowest BCUT2D eigenvalue weighted by atomic mass is 10.1. The molecule has 0 spiro atoms. The van der Waals surface area contributed by atoms with Crippen LogP contribution in [0.1, 0.15) is 35.3 Å². The standard InChI is InChI=1S/C11H9ClN2O2.C11H13ClN2.C9H6ClNO/c1-7(14(15)16)4-8-6-13-11-3-2-9(12)5-10(8)11;1-7(13)4-8-6-14-11-3-2-9(12)5-10(8)11;10-7-1-2-9-8(3-7)6(5-12)4-11-9/h2-6,13H,1H3;2-3,5-7,14H,4,13H2,1H3;1-5,11H/b7-4-;;. The van der Waals surface area contributed by atoms with Gasteiger partial charge in [0.2, 0.25) is 5.70 Å². The van der Waals surface area contributed by atoms with Gasteiger partial charge in [0, 0.05) is 96.5 Å². The van der Waals surface area contributed by atoms with Crippen LogP contribution in [-0.4, -0.2) is 32.2 Å². The van der Waals surface area contributed by atoms with E-state index in [1.54, 1.807) is 36.7 Å². The molecule has 1 unspecified atom stereocenters. The van der Waals surface area contributed by atoms with Crippen molar-refractivity contribution in [1.82, 2.24) is 15.0 Å². The summed E-state index contributed by atoms with van der Waals surface area (Å²) in [6, 6.07) is 16.8. The maximum absolute atomic E-state index is 10.5. The van der Waals surface area contributed by atoms with Gasteiger partial charge in [-0.1, -0.05) is 34.8 Å². The van der Waals surface area contributed by atoms with Crippen LogP contribution in [0.4, 0.5) is 0 Å². The Bertz CT molecular complexity index is 1900. The highest BCUT2D eigenvalue weighted by Crippen LogP contribution is 2.25. The van der Waals surface area contributed by atoms with Gasteiger partial charge in [0.05, 0.1) is 4.92 Å². The number of nitrogens with one attached hydrogen (secondary N) is 3. The first kappa shape index (κ1) is 30.9. The SMILES string of the molecule is C/C(=C/c1c[nH]c2ccc(Cl)cc12)[N+](=O)[O-].CC(N)Cc1c[nH]c2ccc(Cl)cc12.O=Cc1c[nH]c2ccc(Cl)cc12. The number of carbonyl (C=O) groups is 1. The molecule has 0 saturated carbocycles. The van der Waals surface area contributed by atoms with Crippen LogP contribution in [0.2, 0.25) is 15.1 Å². The lowest BCUT2D eigenvalue weighted by Gasteiger charge is -2.02. The number of aromatic nitrogens is 3. The minimum absolute atomic E-state index is 0.0980. The zero-order valence-electron chi connectivity index (χ0n) is 22.8. The van der Waals surface area contributed by atoms with Crippen molar-refractivity contribution in [3.8, 4) is 0 Å². The Balaban J connectivity index is 0.000000146. The molecule has 216 valence electrons. The lowest BCUT2D eigenvalue weighted by Crippen LogP contribution is -2.17. The van der Waals surface area contributed by atoms with Crippen LogP contribution in [0.15, 0.2) is 78.9 Å². The lowest BCUT2D eigenvalue weighted by molar-refractivity contribution is -0.422. The maximum Gasteiger partial charge on any atom is 0.243 e. The molecule has 11 heteroatoms. The van der Waals surface area contributed by atoms with E-state index in [4.69, 9.17) is 40.5 Å². The summed E-state index contributed by atoms with van der Waals surface area (Å²) in [5.41, 5.74) is 11.5. The van der Waals surface area contributed by atoms with Gasteiger partial charge in [-0.3, -0.25) is 14.9 Å². The Morgan fingerprint density at radius 3 is 1.79 bits per heavy atom. The first-order chi connectivity index (χ1) is 20.0. The first-order valence-electron chi connectivity index (χ1n) is 12.9. The molecular weight excluding hydrogens is 597 g/mol. The summed E-state index contributed by atoms with van der Waals surface area (Å²) >= 11 is 17.6. The van der Waals surface area contributed by atoms with Gasteiger partial charge in [-0.05, 0) is 73.5 Å². The zero-order chi connectivity index (χ0) is 30.4. The van der Waals surface area contributed by atoms with E-state index < -0.39 is 4.92 Å². The van der Waals surface area contributed by atoms with E-state index >= 15 is 0 Å². The van der Waals surface area contributed by atoms with Crippen molar-refractivity contribution >= 4 is 79.9 Å². The van der Waals surface area contributed by atoms with E-state index in [1.807, 2.05) is 43.5 Å². The van der Waals surface area contributed by atoms with Crippen LogP contribution in [-0.2, 0) is 6.42 Å². The number of carbonyl (C=O) groups excluding carboxylic acids is 1. The molecule has 1 atom stereocenters. The van der Waals surface area contributed by atoms with E-state index in [1.165, 1.54) is 23.9 Å². The molecule has 3 aromatic carbocycles. The van der Waals surface area contributed by atoms with E-state index in [-0.39, 0.29) is 11.7 Å². The second-order valence-electron chi connectivity index (χ2n) is 9.71. The molecule has 0 aliphatic rings. The molecule has 42 heavy (non-hydrogen) atoms. The fraction of sp³-hybridized carbons (Fsp3) is 0.129. The molecule has 8 nitrogen and oxygen atoms in total. The Labute approximate surface area is 256 Å². The average Bonchev–Trinajstić information content (AvgIpc) is 3.66. The number of benzene rings is 3. The van der Waals surface area contributed by atoms with Crippen LogP contribution in [0.3, 0.4) is 0 Å². The maximum atomic E-state index is 10.5. The van der Waals surface area contributed by atoms with Gasteiger partial charge < -0.3 is 20.7 Å². The third-order valence-electron chi connectivity index (χ3n) is 6.40. The number of aromatic amines is 3. The van der Waals surface area contributed by atoms with E-state index in [0.717, 1.165) is 50.6 Å². The van der Waals surface area contributed by atoms with Gasteiger partial charge in [0.1, 0.15) is 0 Å². The normalized spacial score (nSPS) is 12.0.